The molecule has 3 aromatic carbocycles. The van der Waals surface area contributed by atoms with Gasteiger partial charge in [-0.05, 0) is 82.5 Å². The molecule has 0 saturated heterocycles. The van der Waals surface area contributed by atoms with Crippen molar-refractivity contribution in [3.05, 3.63) is 90.0 Å². The average molecular weight is 580 g/mol. The number of carbonyl (C=O) groups excluding carboxylic acids is 2. The molecule has 0 aliphatic carbocycles. The number of aryl methyl sites for hydroxylation is 1. The first kappa shape index (κ1) is 31.7. The van der Waals surface area contributed by atoms with Gasteiger partial charge < -0.3 is 15.0 Å². The number of rotatable bonds is 14. The predicted molar refractivity (Wildman–Crippen MR) is 163 cm³/mol. The Labute approximate surface area is 244 Å². The molecular formula is C32H41N3O5S. The zero-order chi connectivity index (χ0) is 30.0. The minimum absolute atomic E-state index is 0.0349. The summed E-state index contributed by atoms with van der Waals surface area (Å²) in [5.41, 5.74) is 2.33. The Bertz CT molecular complexity index is 1380. The molecule has 0 unspecified atom stereocenters. The first-order valence-corrected chi connectivity index (χ1v) is 15.5. The lowest BCUT2D eigenvalue weighted by Crippen LogP contribution is -2.53. The highest BCUT2D eigenvalue weighted by molar-refractivity contribution is 7.92. The summed E-state index contributed by atoms with van der Waals surface area (Å²) in [4.78, 5) is 28.6. The van der Waals surface area contributed by atoms with Crippen LogP contribution in [0.4, 0.5) is 5.69 Å². The summed E-state index contributed by atoms with van der Waals surface area (Å²) in [5, 5.41) is 2.95. The zero-order valence-corrected chi connectivity index (χ0v) is 25.4. The minimum atomic E-state index is -4.13. The number of amides is 2. The summed E-state index contributed by atoms with van der Waals surface area (Å²) in [7, 11) is -4.13. The van der Waals surface area contributed by atoms with Crippen LogP contribution in [0.1, 0.15) is 45.2 Å². The maximum absolute atomic E-state index is 14.0. The number of sulfonamides is 1. The summed E-state index contributed by atoms with van der Waals surface area (Å²) < 4.78 is 34.5. The Morgan fingerprint density at radius 2 is 1.54 bits per heavy atom. The number of hydrogen-bond acceptors (Lipinski definition) is 5. The Balaban J connectivity index is 1.96. The van der Waals surface area contributed by atoms with E-state index < -0.39 is 28.5 Å². The van der Waals surface area contributed by atoms with Gasteiger partial charge in [0.15, 0.2) is 0 Å². The summed E-state index contributed by atoms with van der Waals surface area (Å²) in [6.45, 7) is 9.56. The van der Waals surface area contributed by atoms with Crippen molar-refractivity contribution in [2.75, 3.05) is 24.0 Å². The van der Waals surface area contributed by atoms with Gasteiger partial charge in [0.25, 0.3) is 10.0 Å². The predicted octanol–water partition coefficient (Wildman–Crippen LogP) is 4.96. The number of anilines is 1. The monoisotopic (exact) mass is 579 g/mol. The Morgan fingerprint density at radius 1 is 0.902 bits per heavy atom. The second-order valence-corrected chi connectivity index (χ2v) is 11.9. The molecule has 2 atom stereocenters. The number of ether oxygens (including phenoxy) is 1. The standard InChI is InChI=1S/C32H41N3O5S/c1-6-25(4)33-32(37)26(5)34(22-21-27-11-9-8-10-12-27)31(36)23-35(28-15-13-24(3)14-16-28)41(38,39)30-19-17-29(18-20-30)40-7-2/h8-20,25-26H,6-7,21-23H2,1-5H3,(H,33,37)/t25-,26+/m1/s1. The molecule has 0 heterocycles. The molecule has 8 nitrogen and oxygen atoms in total. The highest BCUT2D eigenvalue weighted by Crippen LogP contribution is 2.26. The number of nitrogens with zero attached hydrogens (tertiary/aromatic N) is 2. The smallest absolute Gasteiger partial charge is 0.264 e. The first-order chi connectivity index (χ1) is 19.6. The molecule has 0 fully saturated rings. The van der Waals surface area contributed by atoms with Crippen molar-refractivity contribution < 1.29 is 22.7 Å². The van der Waals surface area contributed by atoms with Crippen molar-refractivity contribution in [1.82, 2.24) is 10.2 Å². The van der Waals surface area contributed by atoms with Gasteiger partial charge in [-0.25, -0.2) is 8.42 Å². The Hall–Kier alpha value is -3.85. The van der Waals surface area contributed by atoms with Crippen LogP contribution in [0.2, 0.25) is 0 Å². The van der Waals surface area contributed by atoms with Crippen LogP contribution in [-0.4, -0.2) is 56.9 Å². The van der Waals surface area contributed by atoms with E-state index >= 15 is 0 Å². The van der Waals surface area contributed by atoms with Gasteiger partial charge in [-0.15, -0.1) is 0 Å². The number of nitrogens with one attached hydrogen (secondary N) is 1. The highest BCUT2D eigenvalue weighted by atomic mass is 32.2. The van der Waals surface area contributed by atoms with E-state index in [-0.39, 0.29) is 23.4 Å². The quantitative estimate of drug-likeness (QED) is 0.291. The van der Waals surface area contributed by atoms with E-state index in [1.54, 1.807) is 43.3 Å². The molecule has 0 saturated carbocycles. The van der Waals surface area contributed by atoms with Gasteiger partial charge in [-0.2, -0.15) is 0 Å². The van der Waals surface area contributed by atoms with Gasteiger partial charge in [-0.3, -0.25) is 13.9 Å². The molecule has 0 bridgehead atoms. The van der Waals surface area contributed by atoms with Crippen LogP contribution in [0.5, 0.6) is 5.75 Å². The van der Waals surface area contributed by atoms with Gasteiger partial charge in [0, 0.05) is 12.6 Å². The second kappa shape index (κ2) is 14.7. The van der Waals surface area contributed by atoms with E-state index in [9.17, 15) is 18.0 Å². The zero-order valence-electron chi connectivity index (χ0n) is 24.5. The molecule has 41 heavy (non-hydrogen) atoms. The SMILES string of the molecule is CCOc1ccc(S(=O)(=O)N(CC(=O)N(CCc2ccccc2)[C@@H](C)C(=O)N[C@H](C)CC)c2ccc(C)cc2)cc1. The van der Waals surface area contributed by atoms with E-state index in [1.807, 2.05) is 58.0 Å². The van der Waals surface area contributed by atoms with Crippen molar-refractivity contribution in [3.8, 4) is 5.75 Å². The van der Waals surface area contributed by atoms with Crippen molar-refractivity contribution >= 4 is 27.5 Å². The van der Waals surface area contributed by atoms with Crippen LogP contribution in [-0.2, 0) is 26.0 Å². The van der Waals surface area contributed by atoms with E-state index in [4.69, 9.17) is 4.74 Å². The van der Waals surface area contributed by atoms with Crippen LogP contribution < -0.4 is 14.4 Å². The fourth-order valence-electron chi connectivity index (χ4n) is 4.28. The molecule has 0 aliphatic heterocycles. The van der Waals surface area contributed by atoms with Crippen LogP contribution in [0.15, 0.2) is 83.8 Å². The molecule has 3 aromatic rings. The summed E-state index contributed by atoms with van der Waals surface area (Å²) in [5.74, 6) is -0.197. The third-order valence-electron chi connectivity index (χ3n) is 6.98. The first-order valence-electron chi connectivity index (χ1n) is 14.0. The van der Waals surface area contributed by atoms with Crippen LogP contribution >= 0.6 is 0 Å². The normalized spacial score (nSPS) is 12.7. The molecule has 0 aromatic heterocycles. The van der Waals surface area contributed by atoms with Gasteiger partial charge in [0.1, 0.15) is 18.3 Å². The second-order valence-electron chi connectivity index (χ2n) is 10.1. The minimum Gasteiger partial charge on any atom is -0.494 e. The highest BCUT2D eigenvalue weighted by Gasteiger charge is 2.32. The van der Waals surface area contributed by atoms with Crippen molar-refractivity contribution in [1.29, 1.82) is 0 Å². The molecule has 9 heteroatoms. The van der Waals surface area contributed by atoms with Crippen LogP contribution in [0.25, 0.3) is 0 Å². The third kappa shape index (κ3) is 8.57. The molecule has 220 valence electrons. The molecule has 1 N–H and O–H groups in total. The van der Waals surface area contributed by atoms with E-state index in [1.165, 1.54) is 17.0 Å². The number of hydrogen-bond donors (Lipinski definition) is 1. The van der Waals surface area contributed by atoms with E-state index in [0.717, 1.165) is 21.9 Å². The van der Waals surface area contributed by atoms with Crippen molar-refractivity contribution in [2.45, 2.75) is 64.4 Å². The Kier molecular flexibility index (Phi) is 11.3. The molecule has 2 amide bonds. The number of carbonyl (C=O) groups is 2. The van der Waals surface area contributed by atoms with Crippen molar-refractivity contribution in [2.24, 2.45) is 0 Å². The number of benzene rings is 3. The maximum atomic E-state index is 14.0. The maximum Gasteiger partial charge on any atom is 0.264 e. The Morgan fingerprint density at radius 3 is 2.12 bits per heavy atom. The summed E-state index contributed by atoms with van der Waals surface area (Å²) >= 11 is 0. The van der Waals surface area contributed by atoms with Crippen LogP contribution in [0, 0.1) is 6.92 Å². The molecule has 0 radical (unpaired) electrons. The molecule has 0 spiro atoms. The average Bonchev–Trinajstić information content (AvgIpc) is 2.97. The topological polar surface area (TPSA) is 96.0 Å². The lowest BCUT2D eigenvalue weighted by molar-refractivity contribution is -0.139. The third-order valence-corrected chi connectivity index (χ3v) is 8.76. The van der Waals surface area contributed by atoms with Crippen LogP contribution in [0.3, 0.4) is 0 Å². The van der Waals surface area contributed by atoms with Gasteiger partial charge in [0.2, 0.25) is 11.8 Å². The van der Waals surface area contributed by atoms with Gasteiger partial charge >= 0.3 is 0 Å². The fraction of sp³-hybridized carbons (Fsp3) is 0.375. The van der Waals surface area contributed by atoms with Gasteiger partial charge in [0.05, 0.1) is 17.2 Å². The molecule has 3 rings (SSSR count). The van der Waals surface area contributed by atoms with E-state index in [0.29, 0.717) is 24.5 Å². The van der Waals surface area contributed by atoms with E-state index in [2.05, 4.69) is 5.32 Å². The van der Waals surface area contributed by atoms with Gasteiger partial charge in [-0.1, -0.05) is 55.0 Å². The van der Waals surface area contributed by atoms with Crippen molar-refractivity contribution in [3.63, 3.8) is 0 Å². The lowest BCUT2D eigenvalue weighted by Gasteiger charge is -2.32. The summed E-state index contributed by atoms with van der Waals surface area (Å²) in [6, 6.07) is 21.9. The lowest BCUT2D eigenvalue weighted by atomic mass is 10.1. The summed E-state index contributed by atoms with van der Waals surface area (Å²) in [6.07, 6.45) is 1.27. The molecular weight excluding hydrogens is 538 g/mol. The fourth-order valence-corrected chi connectivity index (χ4v) is 5.69. The largest absolute Gasteiger partial charge is 0.494 e. The molecule has 0 aliphatic rings.